The lowest BCUT2D eigenvalue weighted by molar-refractivity contribution is -0.274. The van der Waals surface area contributed by atoms with Gasteiger partial charge >= 0.3 is 13.5 Å². The minimum atomic E-state index is -4.85. The first-order valence-electron chi connectivity index (χ1n) is 9.15. The fraction of sp³-hybridized carbons (Fsp3) is 0.500. The van der Waals surface area contributed by atoms with Crippen molar-refractivity contribution in [3.8, 4) is 5.75 Å². The topological polar surface area (TPSA) is 36.9 Å². The van der Waals surface area contributed by atoms with Crippen molar-refractivity contribution in [3.63, 3.8) is 0 Å². The summed E-state index contributed by atoms with van der Waals surface area (Å²) < 4.78 is 73.9. The van der Waals surface area contributed by atoms with Gasteiger partial charge in [-0.3, -0.25) is 0 Å². The zero-order valence-corrected chi connectivity index (χ0v) is 16.9. The molecule has 1 saturated heterocycles. The third-order valence-electron chi connectivity index (χ3n) is 4.90. The summed E-state index contributed by atoms with van der Waals surface area (Å²) in [6.07, 6.45) is -3.20. The molecule has 0 aliphatic carbocycles. The maximum absolute atomic E-state index is 15.4. The second-order valence-electron chi connectivity index (χ2n) is 7.60. The van der Waals surface area contributed by atoms with E-state index in [1.54, 1.807) is 33.8 Å². The number of alkyl halides is 3. The first-order valence-corrected chi connectivity index (χ1v) is 9.15. The Morgan fingerprint density at radius 1 is 1.17 bits per heavy atom. The molecule has 160 valence electrons. The van der Waals surface area contributed by atoms with Gasteiger partial charge in [0.05, 0.1) is 24.4 Å². The molecule has 9 heteroatoms. The second-order valence-corrected chi connectivity index (χ2v) is 7.60. The third kappa shape index (κ3) is 6.07. The van der Waals surface area contributed by atoms with Crippen LogP contribution in [0.1, 0.15) is 39.7 Å². The van der Waals surface area contributed by atoms with E-state index in [1.807, 2.05) is 0 Å². The highest BCUT2D eigenvalue weighted by Gasteiger charge is 2.53. The Balaban J connectivity index is 2.38. The summed E-state index contributed by atoms with van der Waals surface area (Å²) in [5.41, 5.74) is -1.89. The van der Waals surface area contributed by atoms with Crippen LogP contribution in [0.4, 0.5) is 17.6 Å². The molecule has 1 aliphatic heterocycles. The van der Waals surface area contributed by atoms with Gasteiger partial charge in [0.1, 0.15) is 11.5 Å². The fourth-order valence-corrected chi connectivity index (χ4v) is 2.71. The van der Waals surface area contributed by atoms with Gasteiger partial charge in [0.2, 0.25) is 0 Å². The molecular weight excluding hydrogens is 391 g/mol. The molecule has 0 aromatic heterocycles. The normalized spacial score (nSPS) is 19.1. The van der Waals surface area contributed by atoms with Gasteiger partial charge in [0.25, 0.3) is 0 Å². The van der Waals surface area contributed by atoms with Crippen LogP contribution in [0, 0.1) is 0 Å². The van der Waals surface area contributed by atoms with E-state index in [9.17, 15) is 13.2 Å². The van der Waals surface area contributed by atoms with Gasteiger partial charge in [-0.15, -0.1) is 19.8 Å². The smallest absolute Gasteiger partial charge is 0.406 e. The van der Waals surface area contributed by atoms with Crippen LogP contribution in [0.2, 0.25) is 0 Å². The number of benzene rings is 1. The molecule has 2 rings (SSSR count). The van der Waals surface area contributed by atoms with Crippen LogP contribution >= 0.6 is 0 Å². The molecule has 1 fully saturated rings. The number of halogens is 4. The Labute approximate surface area is 168 Å². The molecule has 0 atom stereocenters. The van der Waals surface area contributed by atoms with Crippen molar-refractivity contribution >= 4 is 12.7 Å². The Kier molecular flexibility index (Phi) is 7.19. The molecule has 0 unspecified atom stereocenters. The summed E-state index contributed by atoms with van der Waals surface area (Å²) in [7, 11) is -1.28. The summed E-state index contributed by atoms with van der Waals surface area (Å²) in [5, 5.41) is 0. The van der Waals surface area contributed by atoms with E-state index in [0.717, 1.165) is 12.1 Å². The minimum Gasteiger partial charge on any atom is -0.406 e. The van der Waals surface area contributed by atoms with Gasteiger partial charge in [-0.05, 0) is 57.4 Å². The van der Waals surface area contributed by atoms with E-state index < -0.39 is 36.2 Å². The summed E-state index contributed by atoms with van der Waals surface area (Å²) >= 11 is 0. The van der Waals surface area contributed by atoms with Crippen LogP contribution in [-0.2, 0) is 14.0 Å². The monoisotopic (exact) mass is 416 g/mol. The molecule has 1 aromatic carbocycles. The molecule has 1 heterocycles. The van der Waals surface area contributed by atoms with Crippen molar-refractivity contribution in [1.29, 1.82) is 0 Å². The van der Waals surface area contributed by atoms with Crippen LogP contribution in [0.3, 0.4) is 0 Å². The maximum Gasteiger partial charge on any atom is 0.573 e. The number of rotatable bonds is 8. The molecule has 1 aromatic rings. The summed E-state index contributed by atoms with van der Waals surface area (Å²) in [6, 6.07) is 5.13. The largest absolute Gasteiger partial charge is 0.573 e. The van der Waals surface area contributed by atoms with Crippen molar-refractivity contribution < 1.29 is 36.3 Å². The molecule has 29 heavy (non-hydrogen) atoms. The zero-order chi connectivity index (χ0) is 21.9. The van der Waals surface area contributed by atoms with Crippen molar-refractivity contribution in [1.82, 2.24) is 0 Å². The van der Waals surface area contributed by atoms with Gasteiger partial charge in [-0.2, -0.15) is 0 Å². The summed E-state index contributed by atoms with van der Waals surface area (Å²) in [4.78, 5) is 0. The van der Waals surface area contributed by atoms with Crippen molar-refractivity contribution in [3.05, 3.63) is 48.2 Å². The Morgan fingerprint density at radius 2 is 1.79 bits per heavy atom. The SMILES string of the molecule is C=CCOCCC(=C(F)B1OC(C)(C)C(C)(C)O1)c1cccc(OC(F)(F)F)c1. The molecule has 0 bridgehead atoms. The highest BCUT2D eigenvalue weighted by Crippen LogP contribution is 2.41. The lowest BCUT2D eigenvalue weighted by atomic mass is 9.82. The molecule has 1 aliphatic rings. The highest BCUT2D eigenvalue weighted by atomic mass is 19.4. The van der Waals surface area contributed by atoms with Crippen LogP contribution < -0.4 is 4.74 Å². The average molecular weight is 416 g/mol. The predicted molar refractivity (Wildman–Crippen MR) is 103 cm³/mol. The van der Waals surface area contributed by atoms with Crippen molar-refractivity contribution in [2.24, 2.45) is 0 Å². The quantitative estimate of drug-likeness (QED) is 0.243. The molecule has 0 spiro atoms. The van der Waals surface area contributed by atoms with Gasteiger partial charge < -0.3 is 18.8 Å². The average Bonchev–Trinajstić information content (AvgIpc) is 2.81. The first kappa shape index (κ1) is 23.4. The number of hydrogen-bond donors (Lipinski definition) is 0. The minimum absolute atomic E-state index is 0.0965. The molecule has 0 radical (unpaired) electrons. The van der Waals surface area contributed by atoms with Gasteiger partial charge in [0, 0.05) is 0 Å². The van der Waals surface area contributed by atoms with E-state index in [1.165, 1.54) is 12.1 Å². The lowest BCUT2D eigenvalue weighted by Gasteiger charge is -2.32. The third-order valence-corrected chi connectivity index (χ3v) is 4.90. The number of hydrogen-bond acceptors (Lipinski definition) is 4. The van der Waals surface area contributed by atoms with Gasteiger partial charge in [0.15, 0.2) is 0 Å². The van der Waals surface area contributed by atoms with Crippen LogP contribution in [0.5, 0.6) is 5.75 Å². The highest BCUT2D eigenvalue weighted by molar-refractivity contribution is 6.55. The lowest BCUT2D eigenvalue weighted by Crippen LogP contribution is -2.41. The standard InChI is InChI=1S/C20H25BF4O4/c1-6-11-26-12-10-16(14-8-7-9-15(13-14)27-20(23,24)25)17(22)21-28-18(2,3)19(4,5)29-21/h6-9,13H,1,10-12H2,2-5H3. The molecule has 0 saturated carbocycles. The van der Waals surface area contributed by atoms with E-state index in [4.69, 9.17) is 14.0 Å². The van der Waals surface area contributed by atoms with Crippen LogP contribution in [0.25, 0.3) is 5.57 Å². The van der Waals surface area contributed by atoms with Crippen LogP contribution in [0.15, 0.2) is 42.6 Å². The zero-order valence-electron chi connectivity index (χ0n) is 16.9. The molecule has 4 nitrogen and oxygen atoms in total. The van der Waals surface area contributed by atoms with Crippen LogP contribution in [-0.4, -0.2) is 37.9 Å². The Morgan fingerprint density at radius 3 is 2.34 bits per heavy atom. The number of ether oxygens (including phenoxy) is 2. The van der Waals surface area contributed by atoms with E-state index in [2.05, 4.69) is 11.3 Å². The fourth-order valence-electron chi connectivity index (χ4n) is 2.71. The molecular formula is C20H25BF4O4. The predicted octanol–water partition coefficient (Wildman–Crippen LogP) is 5.49. The van der Waals surface area contributed by atoms with E-state index >= 15 is 4.39 Å². The first-order chi connectivity index (χ1) is 13.4. The second kappa shape index (κ2) is 8.89. The Hall–Kier alpha value is -1.84. The van der Waals surface area contributed by atoms with E-state index in [0.29, 0.717) is 0 Å². The van der Waals surface area contributed by atoms with E-state index in [-0.39, 0.29) is 30.8 Å². The Bertz CT molecular complexity index is 743. The molecule has 0 amide bonds. The van der Waals surface area contributed by atoms with Gasteiger partial charge in [-0.25, -0.2) is 4.39 Å². The van der Waals surface area contributed by atoms with Crippen molar-refractivity contribution in [2.45, 2.75) is 51.7 Å². The summed E-state index contributed by atoms with van der Waals surface area (Å²) in [6.45, 7) is 11.1. The maximum atomic E-state index is 15.4. The van der Waals surface area contributed by atoms with Crippen molar-refractivity contribution in [2.75, 3.05) is 13.2 Å². The van der Waals surface area contributed by atoms with Gasteiger partial charge in [-0.1, -0.05) is 18.2 Å². The summed E-state index contributed by atoms with van der Waals surface area (Å²) in [5.74, 6) is -0.443. The molecule has 0 N–H and O–H groups in total.